The van der Waals surface area contributed by atoms with Gasteiger partial charge in [0, 0.05) is 18.5 Å². The second-order valence-corrected chi connectivity index (χ2v) is 6.81. The molecule has 6 heteroatoms. The van der Waals surface area contributed by atoms with Crippen molar-refractivity contribution in [1.29, 1.82) is 0 Å². The van der Waals surface area contributed by atoms with E-state index >= 15 is 0 Å². The predicted octanol–water partition coefficient (Wildman–Crippen LogP) is 2.48. The lowest BCUT2D eigenvalue weighted by Crippen LogP contribution is -2.34. The van der Waals surface area contributed by atoms with Crippen molar-refractivity contribution in [3.8, 4) is 5.75 Å². The van der Waals surface area contributed by atoms with E-state index < -0.39 is 0 Å². The molecular weight excluding hydrogens is 306 g/mol. The van der Waals surface area contributed by atoms with E-state index in [0.29, 0.717) is 36.9 Å². The molecule has 1 aromatic heterocycles. The summed E-state index contributed by atoms with van der Waals surface area (Å²) in [4.78, 5) is 24.2. The number of hydrogen-bond donors (Lipinski definition) is 1. The zero-order chi connectivity index (χ0) is 18.3. The quantitative estimate of drug-likeness (QED) is 0.704. The molecule has 0 aliphatic heterocycles. The molecule has 0 aliphatic rings. The fourth-order valence-corrected chi connectivity index (χ4v) is 1.98. The first kappa shape index (κ1) is 19.9. The molecule has 0 radical (unpaired) electrons. The molecule has 0 unspecified atom stereocenters. The fraction of sp³-hybridized carbons (Fsp3) is 0.611. The van der Waals surface area contributed by atoms with Crippen LogP contribution < -0.4 is 15.6 Å². The average Bonchev–Trinajstić information content (AvgIpc) is 2.46. The Morgan fingerprint density at radius 3 is 2.58 bits per heavy atom. The monoisotopic (exact) mass is 335 g/mol. The van der Waals surface area contributed by atoms with Gasteiger partial charge in [-0.2, -0.15) is 5.10 Å². The summed E-state index contributed by atoms with van der Waals surface area (Å²) in [5, 5.41) is 7.10. The van der Waals surface area contributed by atoms with Crippen molar-refractivity contribution in [2.24, 2.45) is 5.92 Å². The molecule has 0 spiro atoms. The highest BCUT2D eigenvalue weighted by molar-refractivity contribution is 5.75. The zero-order valence-corrected chi connectivity index (χ0v) is 15.4. The molecular formula is C18H29N3O3. The van der Waals surface area contributed by atoms with E-state index in [0.717, 1.165) is 5.57 Å². The fourth-order valence-electron chi connectivity index (χ4n) is 1.98. The maximum Gasteiger partial charge on any atom is 0.270 e. The number of hydrogen-bond acceptors (Lipinski definition) is 4. The molecule has 1 aromatic rings. The minimum absolute atomic E-state index is 0.0884. The van der Waals surface area contributed by atoms with Crippen molar-refractivity contribution < 1.29 is 9.53 Å². The van der Waals surface area contributed by atoms with Crippen LogP contribution in [-0.2, 0) is 11.3 Å². The van der Waals surface area contributed by atoms with Gasteiger partial charge in [-0.25, -0.2) is 4.68 Å². The summed E-state index contributed by atoms with van der Waals surface area (Å²) in [6, 6.07) is 1.42. The minimum Gasteiger partial charge on any atom is -0.491 e. The third-order valence-corrected chi connectivity index (χ3v) is 3.28. The second kappa shape index (κ2) is 9.25. The Morgan fingerprint density at radius 1 is 1.38 bits per heavy atom. The van der Waals surface area contributed by atoms with Gasteiger partial charge < -0.3 is 10.1 Å². The summed E-state index contributed by atoms with van der Waals surface area (Å²) in [7, 11) is 0. The number of rotatable bonds is 9. The molecule has 6 nitrogen and oxygen atoms in total. The lowest BCUT2D eigenvalue weighted by molar-refractivity contribution is -0.121. The molecule has 0 aliphatic carbocycles. The molecule has 0 aromatic carbocycles. The number of aromatic nitrogens is 2. The van der Waals surface area contributed by atoms with E-state index in [1.54, 1.807) is 0 Å². The van der Waals surface area contributed by atoms with Crippen LogP contribution in [0.4, 0.5) is 0 Å². The van der Waals surface area contributed by atoms with Gasteiger partial charge in [-0.05, 0) is 19.3 Å². The SMILES string of the molecule is C=C(C)CCNC(=O)Cn1nc(C(C)C)c(OCC(C)C)cc1=O. The molecule has 134 valence electrons. The van der Waals surface area contributed by atoms with Gasteiger partial charge in [0.05, 0.1) is 6.61 Å². The van der Waals surface area contributed by atoms with E-state index in [4.69, 9.17) is 4.74 Å². The number of carbonyl (C=O) groups is 1. The van der Waals surface area contributed by atoms with Crippen LogP contribution in [0, 0.1) is 5.92 Å². The maximum atomic E-state index is 12.2. The number of carbonyl (C=O) groups excluding carboxylic acids is 1. The van der Waals surface area contributed by atoms with E-state index in [-0.39, 0.29) is 23.9 Å². The first-order chi connectivity index (χ1) is 11.2. The largest absolute Gasteiger partial charge is 0.491 e. The summed E-state index contributed by atoms with van der Waals surface area (Å²) < 4.78 is 6.89. The lowest BCUT2D eigenvalue weighted by atomic mass is 10.1. The zero-order valence-electron chi connectivity index (χ0n) is 15.4. The Morgan fingerprint density at radius 2 is 2.04 bits per heavy atom. The number of amides is 1. The topological polar surface area (TPSA) is 73.2 Å². The van der Waals surface area contributed by atoms with Crippen molar-refractivity contribution in [1.82, 2.24) is 15.1 Å². The van der Waals surface area contributed by atoms with E-state index in [1.165, 1.54) is 10.7 Å². The molecule has 1 heterocycles. The Bertz CT molecular complexity index is 633. The van der Waals surface area contributed by atoms with Crippen LogP contribution in [0.5, 0.6) is 5.75 Å². The van der Waals surface area contributed by atoms with E-state index in [2.05, 4.69) is 17.0 Å². The maximum absolute atomic E-state index is 12.2. The van der Waals surface area contributed by atoms with Gasteiger partial charge >= 0.3 is 0 Å². The lowest BCUT2D eigenvalue weighted by Gasteiger charge is -2.16. The van der Waals surface area contributed by atoms with Crippen molar-refractivity contribution in [3.05, 3.63) is 34.3 Å². The number of nitrogens with zero attached hydrogens (tertiary/aromatic N) is 2. The van der Waals surface area contributed by atoms with Gasteiger partial charge in [-0.15, -0.1) is 6.58 Å². The van der Waals surface area contributed by atoms with E-state index in [9.17, 15) is 9.59 Å². The Kier molecular flexibility index (Phi) is 7.68. The summed E-state index contributed by atoms with van der Waals surface area (Å²) in [6.07, 6.45) is 0.716. The van der Waals surface area contributed by atoms with Crippen LogP contribution in [-0.4, -0.2) is 28.8 Å². The first-order valence-corrected chi connectivity index (χ1v) is 8.36. The molecule has 1 amide bonds. The molecule has 1 rings (SSSR count). The van der Waals surface area contributed by atoms with Gasteiger partial charge in [0.25, 0.3) is 5.56 Å². The second-order valence-electron chi connectivity index (χ2n) is 6.81. The standard InChI is InChI=1S/C18H29N3O3/c1-12(2)7-8-19-16(22)10-21-17(23)9-15(24-11-13(3)4)18(20-21)14(5)6/h9,13-14H,1,7-8,10-11H2,2-6H3,(H,19,22). The van der Waals surface area contributed by atoms with Crippen molar-refractivity contribution >= 4 is 5.91 Å². The summed E-state index contributed by atoms with van der Waals surface area (Å²) >= 11 is 0. The molecule has 1 N–H and O–H groups in total. The van der Waals surface area contributed by atoms with Crippen LogP contribution in [0.2, 0.25) is 0 Å². The van der Waals surface area contributed by atoms with Gasteiger partial charge in [-0.3, -0.25) is 9.59 Å². The first-order valence-electron chi connectivity index (χ1n) is 8.36. The molecule has 0 saturated carbocycles. The predicted molar refractivity (Wildman–Crippen MR) is 95.4 cm³/mol. The van der Waals surface area contributed by atoms with Crippen LogP contribution in [0.25, 0.3) is 0 Å². The molecule has 0 atom stereocenters. The Balaban J connectivity index is 2.88. The van der Waals surface area contributed by atoms with Gasteiger partial charge in [0.15, 0.2) is 0 Å². The number of ether oxygens (including phenoxy) is 1. The molecule has 0 fully saturated rings. The average molecular weight is 335 g/mol. The van der Waals surface area contributed by atoms with Gasteiger partial charge in [0.2, 0.25) is 5.91 Å². The minimum atomic E-state index is -0.340. The van der Waals surface area contributed by atoms with Crippen molar-refractivity contribution in [2.45, 2.75) is 53.5 Å². The Hall–Kier alpha value is -2.11. The number of nitrogens with one attached hydrogen (secondary N) is 1. The van der Waals surface area contributed by atoms with Crippen molar-refractivity contribution in [2.75, 3.05) is 13.2 Å². The third-order valence-electron chi connectivity index (χ3n) is 3.28. The molecule has 24 heavy (non-hydrogen) atoms. The van der Waals surface area contributed by atoms with Crippen LogP contribution >= 0.6 is 0 Å². The highest BCUT2D eigenvalue weighted by Gasteiger charge is 2.15. The Labute approximate surface area is 143 Å². The normalized spacial score (nSPS) is 11.0. The summed E-state index contributed by atoms with van der Waals surface area (Å²) in [5.41, 5.74) is 1.34. The van der Waals surface area contributed by atoms with Crippen molar-refractivity contribution in [3.63, 3.8) is 0 Å². The van der Waals surface area contributed by atoms with E-state index in [1.807, 2.05) is 34.6 Å². The highest BCUT2D eigenvalue weighted by atomic mass is 16.5. The van der Waals surface area contributed by atoms with Gasteiger partial charge in [-0.1, -0.05) is 33.3 Å². The third kappa shape index (κ3) is 6.56. The summed E-state index contributed by atoms with van der Waals surface area (Å²) in [5.74, 6) is 0.705. The summed E-state index contributed by atoms with van der Waals surface area (Å²) in [6.45, 7) is 14.7. The molecule has 0 saturated heterocycles. The highest BCUT2D eigenvalue weighted by Crippen LogP contribution is 2.22. The van der Waals surface area contributed by atoms with Gasteiger partial charge in [0.1, 0.15) is 18.0 Å². The smallest absolute Gasteiger partial charge is 0.270 e. The van der Waals surface area contributed by atoms with Crippen LogP contribution in [0.15, 0.2) is 23.0 Å². The van der Waals surface area contributed by atoms with Crippen LogP contribution in [0.1, 0.15) is 52.7 Å². The van der Waals surface area contributed by atoms with Crippen LogP contribution in [0.3, 0.4) is 0 Å². The molecule has 0 bridgehead atoms.